The average Bonchev–Trinajstić information content (AvgIpc) is 2.83. The van der Waals surface area contributed by atoms with Crippen molar-refractivity contribution in [1.29, 1.82) is 0 Å². The molecule has 18 heavy (non-hydrogen) atoms. The second-order valence-electron chi connectivity index (χ2n) is 4.60. The van der Waals surface area contributed by atoms with Crippen LogP contribution in [0.15, 0.2) is 47.1 Å². The number of furan rings is 1. The highest BCUT2D eigenvalue weighted by Crippen LogP contribution is 2.28. The summed E-state index contributed by atoms with van der Waals surface area (Å²) in [6.45, 7) is 4.09. The summed E-state index contributed by atoms with van der Waals surface area (Å²) in [6, 6.07) is 12.7. The van der Waals surface area contributed by atoms with Crippen molar-refractivity contribution in [2.75, 3.05) is 6.54 Å². The predicted octanol–water partition coefficient (Wildman–Crippen LogP) is 4.09. The Kier molecular flexibility index (Phi) is 3.03. The summed E-state index contributed by atoms with van der Waals surface area (Å²) in [5.74, 6) is 0. The molecule has 1 heterocycles. The van der Waals surface area contributed by atoms with E-state index in [1.807, 2.05) is 6.26 Å². The molecule has 0 aliphatic heterocycles. The third-order valence-corrected chi connectivity index (χ3v) is 3.29. The molecule has 92 valence electrons. The van der Waals surface area contributed by atoms with Gasteiger partial charge in [0.15, 0.2) is 0 Å². The molecular weight excluding hydrogens is 222 g/mol. The minimum absolute atomic E-state index is 0.874. The van der Waals surface area contributed by atoms with E-state index in [-0.39, 0.29) is 0 Å². The number of rotatable bonds is 4. The predicted molar refractivity (Wildman–Crippen MR) is 75.7 cm³/mol. The van der Waals surface area contributed by atoms with Crippen molar-refractivity contribution in [3.8, 4) is 0 Å². The lowest BCUT2D eigenvalue weighted by Gasteiger charge is -2.01. The highest BCUT2D eigenvalue weighted by atomic mass is 16.3. The molecule has 1 aromatic heterocycles. The van der Waals surface area contributed by atoms with Gasteiger partial charge in [0.2, 0.25) is 0 Å². The van der Waals surface area contributed by atoms with Crippen LogP contribution >= 0.6 is 0 Å². The number of benzene rings is 2. The summed E-state index contributed by atoms with van der Waals surface area (Å²) in [7, 11) is 0. The Morgan fingerprint density at radius 3 is 2.83 bits per heavy atom. The molecule has 0 spiro atoms. The maximum atomic E-state index is 5.75. The molecule has 0 radical (unpaired) electrons. The molecule has 0 unspecified atom stereocenters. The summed E-state index contributed by atoms with van der Waals surface area (Å²) in [5.41, 5.74) is 2.24. The Hall–Kier alpha value is -1.80. The van der Waals surface area contributed by atoms with Crippen LogP contribution in [0, 0.1) is 0 Å². The molecule has 2 heteroatoms. The summed E-state index contributed by atoms with van der Waals surface area (Å²) in [5, 5.41) is 7.06. The topological polar surface area (TPSA) is 25.2 Å². The summed E-state index contributed by atoms with van der Waals surface area (Å²) in [6.07, 6.45) is 3.03. The van der Waals surface area contributed by atoms with E-state index in [1.165, 1.54) is 21.7 Å². The summed E-state index contributed by atoms with van der Waals surface area (Å²) < 4.78 is 5.75. The van der Waals surface area contributed by atoms with Crippen molar-refractivity contribution in [3.05, 3.63) is 48.2 Å². The van der Waals surface area contributed by atoms with Gasteiger partial charge in [-0.1, -0.05) is 43.3 Å². The standard InChI is InChI=1S/C16H17NO/c1-2-9-17-10-13-11-18-16-14-6-4-3-5-12(14)7-8-15(13)16/h3-8,11,17H,2,9-10H2,1H3. The first-order valence-electron chi connectivity index (χ1n) is 6.48. The first-order chi connectivity index (χ1) is 8.90. The van der Waals surface area contributed by atoms with E-state index >= 15 is 0 Å². The van der Waals surface area contributed by atoms with Gasteiger partial charge in [-0.05, 0) is 18.4 Å². The van der Waals surface area contributed by atoms with Crippen LogP contribution < -0.4 is 5.32 Å². The van der Waals surface area contributed by atoms with Crippen molar-refractivity contribution in [3.63, 3.8) is 0 Å². The lowest BCUT2D eigenvalue weighted by atomic mass is 10.1. The molecule has 0 fully saturated rings. The molecule has 3 aromatic rings. The number of nitrogens with one attached hydrogen (secondary N) is 1. The Morgan fingerprint density at radius 2 is 1.94 bits per heavy atom. The Balaban J connectivity index is 2.06. The van der Waals surface area contributed by atoms with Gasteiger partial charge in [0.1, 0.15) is 5.58 Å². The van der Waals surface area contributed by atoms with Gasteiger partial charge in [0.05, 0.1) is 6.26 Å². The number of hydrogen-bond acceptors (Lipinski definition) is 2. The summed E-state index contributed by atoms with van der Waals surface area (Å²) >= 11 is 0. The van der Waals surface area contributed by atoms with E-state index in [1.54, 1.807) is 0 Å². The van der Waals surface area contributed by atoms with Crippen LogP contribution in [-0.2, 0) is 6.54 Å². The lowest BCUT2D eigenvalue weighted by Crippen LogP contribution is -2.13. The third kappa shape index (κ3) is 1.89. The fourth-order valence-electron chi connectivity index (χ4n) is 2.35. The van der Waals surface area contributed by atoms with Gasteiger partial charge in [-0.25, -0.2) is 0 Å². The quantitative estimate of drug-likeness (QED) is 0.694. The molecule has 2 aromatic carbocycles. The molecule has 0 aliphatic carbocycles. The van der Waals surface area contributed by atoms with Crippen molar-refractivity contribution in [1.82, 2.24) is 5.32 Å². The zero-order chi connectivity index (χ0) is 12.4. The fourth-order valence-corrected chi connectivity index (χ4v) is 2.35. The number of fused-ring (bicyclic) bond motifs is 3. The molecular formula is C16H17NO. The molecule has 0 bridgehead atoms. The van der Waals surface area contributed by atoms with Gasteiger partial charge in [0.25, 0.3) is 0 Å². The molecule has 0 amide bonds. The lowest BCUT2D eigenvalue weighted by molar-refractivity contribution is 0.603. The molecule has 0 atom stereocenters. The maximum absolute atomic E-state index is 5.75. The Bertz CT molecular complexity index is 669. The first-order valence-corrected chi connectivity index (χ1v) is 6.48. The van der Waals surface area contributed by atoms with Gasteiger partial charge in [-0.3, -0.25) is 0 Å². The van der Waals surface area contributed by atoms with E-state index in [0.717, 1.165) is 25.1 Å². The second-order valence-corrected chi connectivity index (χ2v) is 4.60. The van der Waals surface area contributed by atoms with Crippen LogP contribution in [-0.4, -0.2) is 6.54 Å². The van der Waals surface area contributed by atoms with Crippen LogP contribution in [0.1, 0.15) is 18.9 Å². The van der Waals surface area contributed by atoms with Crippen LogP contribution in [0.4, 0.5) is 0 Å². The van der Waals surface area contributed by atoms with Gasteiger partial charge in [0, 0.05) is 22.9 Å². The van der Waals surface area contributed by atoms with Crippen LogP contribution in [0.2, 0.25) is 0 Å². The van der Waals surface area contributed by atoms with Gasteiger partial charge in [-0.15, -0.1) is 0 Å². The Morgan fingerprint density at radius 1 is 1.06 bits per heavy atom. The first kappa shape index (κ1) is 11.3. The zero-order valence-electron chi connectivity index (χ0n) is 10.6. The largest absolute Gasteiger partial charge is 0.463 e. The van der Waals surface area contributed by atoms with E-state index in [0.29, 0.717) is 0 Å². The molecule has 3 rings (SSSR count). The highest BCUT2D eigenvalue weighted by molar-refractivity contribution is 6.05. The fraction of sp³-hybridized carbons (Fsp3) is 0.250. The van der Waals surface area contributed by atoms with Gasteiger partial charge >= 0.3 is 0 Å². The zero-order valence-corrected chi connectivity index (χ0v) is 10.6. The normalized spacial score (nSPS) is 11.4. The van der Waals surface area contributed by atoms with Crippen LogP contribution in [0.3, 0.4) is 0 Å². The van der Waals surface area contributed by atoms with Crippen molar-refractivity contribution < 1.29 is 4.42 Å². The molecule has 2 nitrogen and oxygen atoms in total. The van der Waals surface area contributed by atoms with E-state index < -0.39 is 0 Å². The highest BCUT2D eigenvalue weighted by Gasteiger charge is 2.08. The van der Waals surface area contributed by atoms with Crippen LogP contribution in [0.25, 0.3) is 21.7 Å². The maximum Gasteiger partial charge on any atom is 0.142 e. The van der Waals surface area contributed by atoms with E-state index in [2.05, 4.69) is 48.6 Å². The molecule has 1 N–H and O–H groups in total. The van der Waals surface area contributed by atoms with Gasteiger partial charge in [-0.2, -0.15) is 0 Å². The smallest absolute Gasteiger partial charge is 0.142 e. The minimum Gasteiger partial charge on any atom is -0.463 e. The molecule has 0 saturated carbocycles. The third-order valence-electron chi connectivity index (χ3n) is 3.29. The monoisotopic (exact) mass is 239 g/mol. The molecule has 0 aliphatic rings. The van der Waals surface area contributed by atoms with Crippen molar-refractivity contribution in [2.24, 2.45) is 0 Å². The molecule has 0 saturated heterocycles. The second kappa shape index (κ2) is 4.83. The van der Waals surface area contributed by atoms with Crippen LogP contribution in [0.5, 0.6) is 0 Å². The summed E-state index contributed by atoms with van der Waals surface area (Å²) in [4.78, 5) is 0. The number of hydrogen-bond donors (Lipinski definition) is 1. The van der Waals surface area contributed by atoms with E-state index in [4.69, 9.17) is 4.42 Å². The SMILES string of the molecule is CCCNCc1coc2c1ccc1ccccc12. The minimum atomic E-state index is 0.874. The van der Waals surface area contributed by atoms with Crippen molar-refractivity contribution >= 4 is 21.7 Å². The average molecular weight is 239 g/mol. The van der Waals surface area contributed by atoms with Crippen molar-refractivity contribution in [2.45, 2.75) is 19.9 Å². The van der Waals surface area contributed by atoms with Gasteiger partial charge < -0.3 is 9.73 Å². The Labute approximate surface area is 107 Å². The van der Waals surface area contributed by atoms with E-state index in [9.17, 15) is 0 Å².